The van der Waals surface area contributed by atoms with Gasteiger partial charge in [-0.05, 0) is 73.0 Å². The number of nitrogens with zero attached hydrogens (tertiary/aromatic N) is 1. The monoisotopic (exact) mass is 420 g/mol. The number of aromatic nitrogens is 1. The fraction of sp³-hybridized carbons (Fsp3) is 0.167. The molecule has 0 atom stereocenters. The summed E-state index contributed by atoms with van der Waals surface area (Å²) in [5.41, 5.74) is 5.19. The van der Waals surface area contributed by atoms with Crippen LogP contribution in [0.1, 0.15) is 18.1 Å². The molecule has 0 fully saturated rings. The number of halogens is 1. The Morgan fingerprint density at radius 2 is 1.90 bits per heavy atom. The molecule has 4 rings (SSSR count). The maximum absolute atomic E-state index is 12.4. The van der Waals surface area contributed by atoms with Crippen molar-refractivity contribution in [2.24, 2.45) is 0 Å². The number of carbonyl (C=O) groups is 1. The van der Waals surface area contributed by atoms with Gasteiger partial charge < -0.3 is 14.5 Å². The molecule has 0 saturated heterocycles. The first-order valence-corrected chi connectivity index (χ1v) is 10.1. The van der Waals surface area contributed by atoms with E-state index in [-0.39, 0.29) is 12.5 Å². The third-order valence-corrected chi connectivity index (χ3v) is 5.05. The number of hydrogen-bond acceptors (Lipinski definition) is 4. The van der Waals surface area contributed by atoms with Gasteiger partial charge in [0.05, 0.1) is 0 Å². The van der Waals surface area contributed by atoms with E-state index >= 15 is 0 Å². The van der Waals surface area contributed by atoms with Crippen molar-refractivity contribution in [2.45, 2.75) is 20.3 Å². The number of anilines is 1. The molecule has 30 heavy (non-hydrogen) atoms. The van der Waals surface area contributed by atoms with Crippen LogP contribution in [0.5, 0.6) is 5.75 Å². The van der Waals surface area contributed by atoms with E-state index in [0.717, 1.165) is 28.6 Å². The number of oxazole rings is 1. The molecule has 0 aliphatic rings. The highest BCUT2D eigenvalue weighted by Crippen LogP contribution is 2.28. The number of aryl methyl sites for hydroxylation is 2. The minimum atomic E-state index is -0.254. The number of nitrogens with one attached hydrogen (secondary N) is 1. The lowest BCUT2D eigenvalue weighted by Gasteiger charge is -2.10. The topological polar surface area (TPSA) is 64.4 Å². The Morgan fingerprint density at radius 3 is 2.67 bits per heavy atom. The molecule has 0 unspecified atom stereocenters. The van der Waals surface area contributed by atoms with Crippen molar-refractivity contribution in [1.29, 1.82) is 0 Å². The van der Waals surface area contributed by atoms with Crippen LogP contribution in [0.4, 0.5) is 5.69 Å². The molecule has 152 valence electrons. The van der Waals surface area contributed by atoms with E-state index in [1.165, 1.54) is 5.56 Å². The minimum Gasteiger partial charge on any atom is -0.484 e. The van der Waals surface area contributed by atoms with Crippen LogP contribution in [0.2, 0.25) is 5.02 Å². The lowest BCUT2D eigenvalue weighted by atomic mass is 10.1. The molecular formula is C24H21ClN2O3. The van der Waals surface area contributed by atoms with Gasteiger partial charge >= 0.3 is 0 Å². The SMILES string of the molecule is CCc1ccc2oc(-c3ccc(C)c(NC(=O)COc4ccc(Cl)cc4)c3)nc2c1. The van der Waals surface area contributed by atoms with Crippen molar-refractivity contribution < 1.29 is 13.9 Å². The van der Waals surface area contributed by atoms with Crippen molar-refractivity contribution in [3.8, 4) is 17.2 Å². The van der Waals surface area contributed by atoms with Gasteiger partial charge in [0.15, 0.2) is 12.2 Å². The third-order valence-electron chi connectivity index (χ3n) is 4.80. The van der Waals surface area contributed by atoms with Crippen molar-refractivity contribution in [3.05, 3.63) is 76.8 Å². The van der Waals surface area contributed by atoms with Gasteiger partial charge in [-0.3, -0.25) is 4.79 Å². The molecule has 4 aromatic rings. The zero-order valence-corrected chi connectivity index (χ0v) is 17.5. The molecule has 0 radical (unpaired) electrons. The van der Waals surface area contributed by atoms with Crippen LogP contribution in [0.25, 0.3) is 22.6 Å². The number of ether oxygens (including phenoxy) is 1. The average Bonchev–Trinajstić information content (AvgIpc) is 3.18. The highest BCUT2D eigenvalue weighted by molar-refractivity contribution is 6.30. The van der Waals surface area contributed by atoms with Crippen LogP contribution in [0.15, 0.2) is 65.1 Å². The van der Waals surface area contributed by atoms with E-state index in [9.17, 15) is 4.79 Å². The molecule has 0 aliphatic carbocycles. The molecule has 1 aromatic heterocycles. The predicted molar refractivity (Wildman–Crippen MR) is 119 cm³/mol. The first-order chi connectivity index (χ1) is 14.5. The summed E-state index contributed by atoms with van der Waals surface area (Å²) in [4.78, 5) is 17.0. The summed E-state index contributed by atoms with van der Waals surface area (Å²) in [6, 6.07) is 18.6. The maximum Gasteiger partial charge on any atom is 0.262 e. The summed E-state index contributed by atoms with van der Waals surface area (Å²) >= 11 is 5.86. The summed E-state index contributed by atoms with van der Waals surface area (Å²) in [6.07, 6.45) is 0.941. The highest BCUT2D eigenvalue weighted by Gasteiger charge is 2.12. The largest absolute Gasteiger partial charge is 0.484 e. The first-order valence-electron chi connectivity index (χ1n) is 9.70. The quantitative estimate of drug-likeness (QED) is 0.413. The second-order valence-electron chi connectivity index (χ2n) is 7.00. The summed E-state index contributed by atoms with van der Waals surface area (Å²) in [6.45, 7) is 3.93. The summed E-state index contributed by atoms with van der Waals surface area (Å²) < 4.78 is 11.4. The molecule has 6 heteroatoms. The normalized spacial score (nSPS) is 10.9. The highest BCUT2D eigenvalue weighted by atomic mass is 35.5. The second kappa shape index (κ2) is 8.59. The third kappa shape index (κ3) is 4.47. The van der Waals surface area contributed by atoms with Crippen LogP contribution in [0.3, 0.4) is 0 Å². The molecule has 1 N–H and O–H groups in total. The number of rotatable bonds is 6. The predicted octanol–water partition coefficient (Wildman–Crippen LogP) is 6.04. The summed E-state index contributed by atoms with van der Waals surface area (Å²) in [5, 5.41) is 3.51. The molecule has 5 nitrogen and oxygen atoms in total. The van der Waals surface area contributed by atoms with Crippen LogP contribution < -0.4 is 10.1 Å². The Morgan fingerprint density at radius 1 is 1.10 bits per heavy atom. The second-order valence-corrected chi connectivity index (χ2v) is 7.43. The molecular weight excluding hydrogens is 400 g/mol. The van der Waals surface area contributed by atoms with E-state index in [4.69, 9.17) is 20.8 Å². The Hall–Kier alpha value is -3.31. The fourth-order valence-corrected chi connectivity index (χ4v) is 3.20. The smallest absolute Gasteiger partial charge is 0.262 e. The van der Waals surface area contributed by atoms with Gasteiger partial charge in [0.1, 0.15) is 11.3 Å². The Bertz CT molecular complexity index is 1200. The molecule has 0 bridgehead atoms. The van der Waals surface area contributed by atoms with E-state index in [2.05, 4.69) is 17.2 Å². The molecule has 1 heterocycles. The van der Waals surface area contributed by atoms with Crippen LogP contribution in [-0.2, 0) is 11.2 Å². The number of fused-ring (bicyclic) bond motifs is 1. The molecule has 0 aliphatic heterocycles. The van der Waals surface area contributed by atoms with E-state index in [1.807, 2.05) is 43.3 Å². The van der Waals surface area contributed by atoms with Gasteiger partial charge in [-0.1, -0.05) is 30.7 Å². The molecule has 1 amide bonds. The summed E-state index contributed by atoms with van der Waals surface area (Å²) in [5.74, 6) is 0.847. The van der Waals surface area contributed by atoms with Gasteiger partial charge in [-0.15, -0.1) is 0 Å². The number of hydrogen-bond donors (Lipinski definition) is 1. The van der Waals surface area contributed by atoms with Crippen molar-refractivity contribution >= 4 is 34.3 Å². The fourth-order valence-electron chi connectivity index (χ4n) is 3.07. The zero-order chi connectivity index (χ0) is 21.1. The minimum absolute atomic E-state index is 0.103. The zero-order valence-electron chi connectivity index (χ0n) is 16.7. The van der Waals surface area contributed by atoms with E-state index < -0.39 is 0 Å². The number of benzene rings is 3. The van der Waals surface area contributed by atoms with Gasteiger partial charge in [-0.2, -0.15) is 0 Å². The lowest BCUT2D eigenvalue weighted by Crippen LogP contribution is -2.20. The Labute approximate surface area is 179 Å². The van der Waals surface area contributed by atoms with Crippen LogP contribution in [-0.4, -0.2) is 17.5 Å². The van der Waals surface area contributed by atoms with Crippen LogP contribution >= 0.6 is 11.6 Å². The van der Waals surface area contributed by atoms with Gasteiger partial charge in [0, 0.05) is 16.3 Å². The van der Waals surface area contributed by atoms with Gasteiger partial charge in [0.2, 0.25) is 5.89 Å². The van der Waals surface area contributed by atoms with Crippen molar-refractivity contribution in [1.82, 2.24) is 4.98 Å². The standard InChI is InChI=1S/C24H21ClN2O3/c1-3-16-5-11-22-21(12-16)27-24(30-22)17-6-4-15(2)20(13-17)26-23(28)14-29-19-9-7-18(25)8-10-19/h4-13H,3,14H2,1-2H3,(H,26,28). The molecule has 0 saturated carbocycles. The lowest BCUT2D eigenvalue weighted by molar-refractivity contribution is -0.118. The number of amides is 1. The van der Waals surface area contributed by atoms with Crippen molar-refractivity contribution in [2.75, 3.05) is 11.9 Å². The Kier molecular flexibility index (Phi) is 5.72. The molecule has 0 spiro atoms. The maximum atomic E-state index is 12.4. The van der Waals surface area contributed by atoms with Gasteiger partial charge in [-0.25, -0.2) is 4.98 Å². The van der Waals surface area contributed by atoms with E-state index in [1.54, 1.807) is 24.3 Å². The van der Waals surface area contributed by atoms with Crippen molar-refractivity contribution in [3.63, 3.8) is 0 Å². The van der Waals surface area contributed by atoms with Crippen LogP contribution in [0, 0.1) is 6.92 Å². The first kappa shape index (κ1) is 20.0. The number of carbonyl (C=O) groups excluding carboxylic acids is 1. The average molecular weight is 421 g/mol. The Balaban J connectivity index is 1.50. The van der Waals surface area contributed by atoms with E-state index in [0.29, 0.717) is 22.4 Å². The van der Waals surface area contributed by atoms with Gasteiger partial charge in [0.25, 0.3) is 5.91 Å². The summed E-state index contributed by atoms with van der Waals surface area (Å²) in [7, 11) is 0. The molecule has 3 aromatic carbocycles.